The van der Waals surface area contributed by atoms with E-state index in [4.69, 9.17) is 4.74 Å². The molecule has 0 saturated carbocycles. The van der Waals surface area contributed by atoms with Gasteiger partial charge in [-0.3, -0.25) is 0 Å². The van der Waals surface area contributed by atoms with Gasteiger partial charge in [-0.25, -0.2) is 17.2 Å². The van der Waals surface area contributed by atoms with E-state index >= 15 is 0 Å². The van der Waals surface area contributed by atoms with Crippen LogP contribution in [0.4, 0.5) is 17.6 Å². The highest BCUT2D eigenvalue weighted by atomic mass is 32.2. The van der Waals surface area contributed by atoms with Crippen LogP contribution >= 0.6 is 0 Å². The Morgan fingerprint density at radius 2 is 1.88 bits per heavy atom. The highest BCUT2D eigenvalue weighted by molar-refractivity contribution is 7.93. The van der Waals surface area contributed by atoms with Crippen molar-refractivity contribution in [2.24, 2.45) is 0 Å². The molecule has 1 aliphatic heterocycles. The number of aliphatic hydroxyl groups is 1. The lowest BCUT2D eigenvalue weighted by Gasteiger charge is -2.24. The van der Waals surface area contributed by atoms with E-state index < -0.39 is 42.8 Å². The fourth-order valence-electron chi connectivity index (χ4n) is 2.34. The second-order valence-corrected chi connectivity index (χ2v) is 7.54. The number of benzene rings is 1. The molecule has 0 spiro atoms. The lowest BCUT2D eigenvalue weighted by Crippen LogP contribution is -2.42. The van der Waals surface area contributed by atoms with E-state index in [-0.39, 0.29) is 11.5 Å². The number of hydrogen-bond acceptors (Lipinski definition) is 4. The molecule has 1 aromatic carbocycles. The molecule has 0 saturated heterocycles. The van der Waals surface area contributed by atoms with E-state index in [1.165, 1.54) is 6.92 Å². The molecule has 1 unspecified atom stereocenters. The number of halogens is 4. The van der Waals surface area contributed by atoms with Gasteiger partial charge < -0.3 is 9.84 Å². The third-order valence-electron chi connectivity index (χ3n) is 3.58. The van der Waals surface area contributed by atoms with Crippen molar-refractivity contribution in [3.05, 3.63) is 59.9 Å². The van der Waals surface area contributed by atoms with Gasteiger partial charge in [0.25, 0.3) is 0 Å². The predicted molar refractivity (Wildman–Crippen MR) is 82.0 cm³/mol. The third-order valence-corrected chi connectivity index (χ3v) is 5.59. The maximum Gasteiger partial charge on any atom is 0.381 e. The smallest absolute Gasteiger partial charge is 0.381 e. The van der Waals surface area contributed by atoms with Crippen molar-refractivity contribution in [2.75, 3.05) is 0 Å². The lowest BCUT2D eigenvalue weighted by atomic mass is 9.96. The van der Waals surface area contributed by atoms with Gasteiger partial charge in [-0.15, -0.1) is 0 Å². The summed E-state index contributed by atoms with van der Waals surface area (Å²) in [6.45, 7) is 4.85. The molecule has 0 radical (unpaired) electrons. The van der Waals surface area contributed by atoms with Crippen molar-refractivity contribution < 1.29 is 35.8 Å². The minimum atomic E-state index is -5.04. The van der Waals surface area contributed by atoms with Crippen molar-refractivity contribution in [1.82, 2.24) is 0 Å². The van der Waals surface area contributed by atoms with Crippen LogP contribution in [-0.2, 0) is 15.4 Å². The molecule has 25 heavy (non-hydrogen) atoms. The molecule has 0 bridgehead atoms. The molecule has 0 fully saturated rings. The fourth-order valence-corrected chi connectivity index (χ4v) is 4.05. The van der Waals surface area contributed by atoms with Crippen LogP contribution in [0.2, 0.25) is 0 Å². The second-order valence-electron chi connectivity index (χ2n) is 5.58. The zero-order valence-electron chi connectivity index (χ0n) is 13.2. The Kier molecular flexibility index (Phi) is 4.60. The zero-order valence-corrected chi connectivity index (χ0v) is 14.0. The number of rotatable bonds is 4. The highest BCUT2D eigenvalue weighted by Crippen LogP contribution is 2.53. The topological polar surface area (TPSA) is 63.6 Å². The third kappa shape index (κ3) is 3.09. The van der Waals surface area contributed by atoms with Gasteiger partial charge in [-0.1, -0.05) is 6.58 Å². The second kappa shape index (κ2) is 5.99. The number of ether oxygens (including phenoxy) is 1. The van der Waals surface area contributed by atoms with Crippen LogP contribution in [-0.4, -0.2) is 18.8 Å². The van der Waals surface area contributed by atoms with Gasteiger partial charge in [0, 0.05) is 17.7 Å². The Bertz CT molecular complexity index is 899. The quantitative estimate of drug-likeness (QED) is 0.490. The summed E-state index contributed by atoms with van der Waals surface area (Å²) in [5.41, 5.74) is -3.48. The first-order chi connectivity index (χ1) is 11.3. The van der Waals surface area contributed by atoms with Crippen LogP contribution in [0.3, 0.4) is 0 Å². The van der Waals surface area contributed by atoms with Crippen molar-refractivity contribution in [3.63, 3.8) is 0 Å². The first-order valence-electron chi connectivity index (χ1n) is 6.88. The number of hydrogen-bond donors (Lipinski definition) is 1. The predicted octanol–water partition coefficient (Wildman–Crippen LogP) is 3.89. The van der Waals surface area contributed by atoms with E-state index in [1.807, 2.05) is 0 Å². The number of allylic oxidation sites excluding steroid dienone is 5. The maximum atomic E-state index is 14.0. The first kappa shape index (κ1) is 19.2. The molecule has 1 aliphatic rings. The minimum Gasteiger partial charge on any atom is -0.462 e. The summed E-state index contributed by atoms with van der Waals surface area (Å²) in [6, 6.07) is 2.89. The summed E-state index contributed by atoms with van der Waals surface area (Å²) in [6.07, 6.45) is 1.33. The first-order valence-corrected chi connectivity index (χ1v) is 8.36. The molecule has 1 atom stereocenters. The molecule has 4 nitrogen and oxygen atoms in total. The fraction of sp³-hybridized carbons (Fsp3) is 0.250. The van der Waals surface area contributed by atoms with Crippen LogP contribution in [0.25, 0.3) is 0 Å². The normalized spacial score (nSPS) is 24.8. The van der Waals surface area contributed by atoms with Gasteiger partial charge in [-0.2, -0.15) is 8.78 Å². The van der Waals surface area contributed by atoms with Crippen LogP contribution in [0.5, 0.6) is 5.75 Å². The zero-order chi connectivity index (χ0) is 19.2. The molecular weight excluding hydrogens is 364 g/mol. The SMILES string of the molecule is C=C(F)C=C(F)C=C(C)Oc1ccc2c(c1)C(C)(O)C(F)(F)S2(=O)=O. The average molecular weight is 378 g/mol. The molecule has 1 N–H and O–H groups in total. The summed E-state index contributed by atoms with van der Waals surface area (Å²) in [5, 5.41) is 5.59. The molecule has 0 amide bonds. The molecule has 9 heteroatoms. The summed E-state index contributed by atoms with van der Waals surface area (Å²) < 4.78 is 82.7. The van der Waals surface area contributed by atoms with E-state index in [0.717, 1.165) is 24.3 Å². The average Bonchev–Trinajstić information content (AvgIpc) is 2.54. The molecule has 136 valence electrons. The van der Waals surface area contributed by atoms with E-state index in [2.05, 4.69) is 6.58 Å². The molecule has 1 aromatic rings. The summed E-state index contributed by atoms with van der Waals surface area (Å²) in [5.74, 6) is -2.18. The van der Waals surface area contributed by atoms with Crippen LogP contribution < -0.4 is 4.74 Å². The standard InChI is InChI=1S/C16H14F4O4S/c1-9(17)6-11(18)7-10(2)24-12-4-5-14-13(8-12)15(3,21)16(19,20)25(14,22)23/h4-8,21H,1H2,2-3H3. The summed E-state index contributed by atoms with van der Waals surface area (Å²) in [7, 11) is -5.04. The molecule has 0 aliphatic carbocycles. The lowest BCUT2D eigenvalue weighted by molar-refractivity contribution is -0.114. The van der Waals surface area contributed by atoms with E-state index in [0.29, 0.717) is 13.0 Å². The van der Waals surface area contributed by atoms with Gasteiger partial charge in [0.1, 0.15) is 23.2 Å². The maximum absolute atomic E-state index is 14.0. The molecule has 1 heterocycles. The Labute approximate surface area is 141 Å². The Hall–Kier alpha value is -2.13. The number of fused-ring (bicyclic) bond motifs is 1. The monoisotopic (exact) mass is 378 g/mol. The Balaban J connectivity index is 2.42. The Morgan fingerprint density at radius 1 is 1.28 bits per heavy atom. The van der Waals surface area contributed by atoms with Crippen molar-refractivity contribution >= 4 is 9.84 Å². The highest BCUT2D eigenvalue weighted by Gasteiger charge is 2.67. The van der Waals surface area contributed by atoms with E-state index in [9.17, 15) is 31.1 Å². The van der Waals surface area contributed by atoms with Crippen molar-refractivity contribution in [2.45, 2.75) is 29.6 Å². The van der Waals surface area contributed by atoms with Crippen LogP contribution in [0, 0.1) is 0 Å². The van der Waals surface area contributed by atoms with Gasteiger partial charge in [0.2, 0.25) is 9.84 Å². The molecular formula is C16H14F4O4S. The van der Waals surface area contributed by atoms with Crippen molar-refractivity contribution in [3.8, 4) is 5.75 Å². The van der Waals surface area contributed by atoms with Gasteiger partial charge in [0.15, 0.2) is 5.60 Å². The van der Waals surface area contributed by atoms with Gasteiger partial charge in [-0.05, 0) is 32.0 Å². The molecule has 2 rings (SSSR count). The van der Waals surface area contributed by atoms with Gasteiger partial charge in [0.05, 0.1) is 4.90 Å². The summed E-state index contributed by atoms with van der Waals surface area (Å²) >= 11 is 0. The van der Waals surface area contributed by atoms with Crippen molar-refractivity contribution in [1.29, 1.82) is 0 Å². The largest absolute Gasteiger partial charge is 0.462 e. The van der Waals surface area contributed by atoms with Crippen LogP contribution in [0.1, 0.15) is 19.4 Å². The Morgan fingerprint density at radius 3 is 2.44 bits per heavy atom. The van der Waals surface area contributed by atoms with Gasteiger partial charge >= 0.3 is 5.25 Å². The molecule has 0 aromatic heterocycles. The number of alkyl halides is 2. The number of sulfone groups is 1. The van der Waals surface area contributed by atoms with E-state index in [1.54, 1.807) is 0 Å². The minimum absolute atomic E-state index is 0.0674. The summed E-state index contributed by atoms with van der Waals surface area (Å²) in [4.78, 5) is -0.712. The van der Waals surface area contributed by atoms with Crippen LogP contribution in [0.15, 0.2) is 59.2 Å².